The van der Waals surface area contributed by atoms with Crippen molar-refractivity contribution in [3.05, 3.63) is 77.4 Å². The number of hydrogen-bond acceptors (Lipinski definition) is 4. The molecule has 3 aromatic rings. The Morgan fingerprint density at radius 3 is 2.22 bits per heavy atom. The molecule has 1 heterocycles. The van der Waals surface area contributed by atoms with E-state index in [1.165, 1.54) is 4.68 Å². The Morgan fingerprint density at radius 2 is 1.65 bits per heavy atom. The zero-order valence-electron chi connectivity index (χ0n) is 12.1. The maximum atomic E-state index is 11.5. The van der Waals surface area contributed by atoms with Crippen molar-refractivity contribution in [2.75, 3.05) is 0 Å². The third kappa shape index (κ3) is 2.54. The second-order valence-electron chi connectivity index (χ2n) is 4.83. The van der Waals surface area contributed by atoms with Crippen LogP contribution in [0.3, 0.4) is 0 Å². The van der Waals surface area contributed by atoms with E-state index in [2.05, 4.69) is 5.10 Å². The van der Waals surface area contributed by atoms with Crippen molar-refractivity contribution in [2.24, 2.45) is 0 Å². The number of para-hydroxylation sites is 1. The van der Waals surface area contributed by atoms with Crippen LogP contribution < -0.4 is 5.49 Å². The Labute approximate surface area is 132 Å². The van der Waals surface area contributed by atoms with Crippen molar-refractivity contribution < 1.29 is 4.79 Å². The van der Waals surface area contributed by atoms with Crippen LogP contribution in [0.15, 0.2) is 60.7 Å². The van der Waals surface area contributed by atoms with Gasteiger partial charge in [0.05, 0.1) is 5.69 Å². The minimum absolute atomic E-state index is 0.0526. The monoisotopic (exact) mass is 300 g/mol. The average Bonchev–Trinajstić information content (AvgIpc) is 2.62. The van der Waals surface area contributed by atoms with Crippen LogP contribution in [0.25, 0.3) is 16.8 Å². The fourth-order valence-electron chi connectivity index (χ4n) is 2.40. The SMILES string of the molecule is N#Cc1c(-c2ccccc2)c(C=O)nn(-c2ccccc2)c1=N. The number of carbonyl (C=O) groups excluding carboxylic acids is 1. The van der Waals surface area contributed by atoms with Gasteiger partial charge >= 0.3 is 0 Å². The first-order valence-corrected chi connectivity index (χ1v) is 6.94. The van der Waals surface area contributed by atoms with Crippen molar-refractivity contribution in [1.82, 2.24) is 9.78 Å². The molecule has 0 fully saturated rings. The van der Waals surface area contributed by atoms with E-state index in [0.29, 0.717) is 23.1 Å². The van der Waals surface area contributed by atoms with Gasteiger partial charge in [-0.2, -0.15) is 10.4 Å². The van der Waals surface area contributed by atoms with Gasteiger partial charge in [-0.1, -0.05) is 48.5 Å². The summed E-state index contributed by atoms with van der Waals surface area (Å²) in [5, 5.41) is 22.1. The summed E-state index contributed by atoms with van der Waals surface area (Å²) in [6, 6.07) is 20.1. The van der Waals surface area contributed by atoms with Gasteiger partial charge in [0.2, 0.25) is 0 Å². The number of hydrogen-bond donors (Lipinski definition) is 1. The van der Waals surface area contributed by atoms with Crippen LogP contribution in [0.1, 0.15) is 16.1 Å². The van der Waals surface area contributed by atoms with Gasteiger partial charge in [0.25, 0.3) is 0 Å². The van der Waals surface area contributed by atoms with Crippen LogP contribution in [0, 0.1) is 16.7 Å². The maximum Gasteiger partial charge on any atom is 0.170 e. The van der Waals surface area contributed by atoms with Crippen molar-refractivity contribution in [2.45, 2.75) is 0 Å². The van der Waals surface area contributed by atoms with E-state index in [4.69, 9.17) is 5.41 Å². The minimum atomic E-state index is -0.0526. The van der Waals surface area contributed by atoms with Crippen LogP contribution in [-0.4, -0.2) is 16.1 Å². The molecule has 0 radical (unpaired) electrons. The third-order valence-electron chi connectivity index (χ3n) is 3.45. The molecule has 2 aromatic carbocycles. The second-order valence-corrected chi connectivity index (χ2v) is 4.83. The second kappa shape index (κ2) is 6.08. The van der Waals surface area contributed by atoms with E-state index in [-0.39, 0.29) is 16.7 Å². The summed E-state index contributed by atoms with van der Waals surface area (Å²) in [5.41, 5.74) is 1.90. The molecule has 1 N–H and O–H groups in total. The molecule has 0 atom stereocenters. The van der Waals surface area contributed by atoms with E-state index < -0.39 is 0 Å². The molecule has 0 aliphatic heterocycles. The van der Waals surface area contributed by atoms with Crippen molar-refractivity contribution in [3.8, 4) is 22.9 Å². The van der Waals surface area contributed by atoms with Crippen molar-refractivity contribution >= 4 is 6.29 Å². The highest BCUT2D eigenvalue weighted by atomic mass is 16.1. The Kier molecular flexibility index (Phi) is 3.81. The molecule has 5 heteroatoms. The molecule has 0 aliphatic carbocycles. The van der Waals surface area contributed by atoms with E-state index >= 15 is 0 Å². The first kappa shape index (κ1) is 14.4. The summed E-state index contributed by atoms with van der Waals surface area (Å²) in [7, 11) is 0. The Balaban J connectivity index is 2.37. The highest BCUT2D eigenvalue weighted by Crippen LogP contribution is 2.23. The zero-order valence-corrected chi connectivity index (χ0v) is 12.1. The standard InChI is InChI=1S/C18H12N4O/c19-11-15-17(13-7-3-1-4-8-13)16(12-23)21-22(18(15)20)14-9-5-2-6-10-14/h1-10,12,20H. The lowest BCUT2D eigenvalue weighted by atomic mass is 10.00. The van der Waals surface area contributed by atoms with Gasteiger partial charge in [0.15, 0.2) is 11.8 Å². The summed E-state index contributed by atoms with van der Waals surface area (Å²) in [4.78, 5) is 11.5. The van der Waals surface area contributed by atoms with Crippen LogP contribution in [-0.2, 0) is 0 Å². The Bertz CT molecular complexity index is 954. The summed E-state index contributed by atoms with van der Waals surface area (Å²) in [5.74, 6) is 0. The Morgan fingerprint density at radius 1 is 1.04 bits per heavy atom. The lowest BCUT2D eigenvalue weighted by Crippen LogP contribution is -2.26. The Hall–Kier alpha value is -3.52. The average molecular weight is 300 g/mol. The van der Waals surface area contributed by atoms with Gasteiger partial charge < -0.3 is 0 Å². The first-order valence-electron chi connectivity index (χ1n) is 6.94. The first-order chi connectivity index (χ1) is 11.3. The topological polar surface area (TPSA) is 82.5 Å². The molecule has 23 heavy (non-hydrogen) atoms. The molecule has 0 bridgehead atoms. The van der Waals surface area contributed by atoms with Gasteiger partial charge in [-0.3, -0.25) is 10.2 Å². The fourth-order valence-corrected chi connectivity index (χ4v) is 2.40. The number of nitrogens with one attached hydrogen (secondary N) is 1. The third-order valence-corrected chi connectivity index (χ3v) is 3.45. The lowest BCUT2D eigenvalue weighted by Gasteiger charge is -2.12. The fraction of sp³-hybridized carbons (Fsp3) is 0. The van der Waals surface area contributed by atoms with E-state index in [1.807, 2.05) is 30.3 Å². The zero-order chi connectivity index (χ0) is 16.2. The molecule has 0 saturated carbocycles. The molecule has 5 nitrogen and oxygen atoms in total. The molecule has 0 saturated heterocycles. The van der Waals surface area contributed by atoms with Crippen LogP contribution in [0.4, 0.5) is 0 Å². The number of nitriles is 1. The molecule has 0 unspecified atom stereocenters. The van der Waals surface area contributed by atoms with E-state index in [0.717, 1.165) is 0 Å². The van der Waals surface area contributed by atoms with E-state index in [1.54, 1.807) is 36.4 Å². The van der Waals surface area contributed by atoms with Gasteiger partial charge in [-0.05, 0) is 17.7 Å². The number of nitrogens with zero attached hydrogens (tertiary/aromatic N) is 3. The summed E-state index contributed by atoms with van der Waals surface area (Å²) >= 11 is 0. The normalized spacial score (nSPS) is 10.0. The molecule has 110 valence electrons. The molecule has 1 aromatic heterocycles. The summed E-state index contributed by atoms with van der Waals surface area (Å²) in [6.45, 7) is 0. The molecule has 3 rings (SSSR count). The quantitative estimate of drug-likeness (QED) is 0.755. The minimum Gasteiger partial charge on any atom is -0.296 e. The smallest absolute Gasteiger partial charge is 0.170 e. The summed E-state index contributed by atoms with van der Waals surface area (Å²) < 4.78 is 1.30. The molecular formula is C18H12N4O. The number of benzene rings is 2. The predicted molar refractivity (Wildman–Crippen MR) is 85.0 cm³/mol. The lowest BCUT2D eigenvalue weighted by molar-refractivity contribution is 0.111. The van der Waals surface area contributed by atoms with Gasteiger partial charge in [-0.25, -0.2) is 4.68 Å². The number of aromatic nitrogens is 2. The number of aldehydes is 1. The van der Waals surface area contributed by atoms with Crippen LogP contribution >= 0.6 is 0 Å². The molecule has 0 aliphatic rings. The molecule has 0 amide bonds. The van der Waals surface area contributed by atoms with Gasteiger partial charge in [0.1, 0.15) is 17.3 Å². The highest BCUT2D eigenvalue weighted by molar-refractivity contribution is 5.87. The van der Waals surface area contributed by atoms with Gasteiger partial charge in [-0.15, -0.1) is 0 Å². The highest BCUT2D eigenvalue weighted by Gasteiger charge is 2.17. The van der Waals surface area contributed by atoms with E-state index in [9.17, 15) is 10.1 Å². The van der Waals surface area contributed by atoms with Crippen LogP contribution in [0.2, 0.25) is 0 Å². The number of carbonyl (C=O) groups is 1. The largest absolute Gasteiger partial charge is 0.296 e. The number of rotatable bonds is 3. The molecular weight excluding hydrogens is 288 g/mol. The predicted octanol–water partition coefficient (Wildman–Crippen LogP) is 2.70. The van der Waals surface area contributed by atoms with Crippen molar-refractivity contribution in [1.29, 1.82) is 10.7 Å². The maximum absolute atomic E-state index is 11.5. The van der Waals surface area contributed by atoms with Crippen LogP contribution in [0.5, 0.6) is 0 Å². The summed E-state index contributed by atoms with van der Waals surface area (Å²) in [6.07, 6.45) is 0.613. The van der Waals surface area contributed by atoms with Gasteiger partial charge in [0, 0.05) is 5.56 Å². The van der Waals surface area contributed by atoms with Crippen molar-refractivity contribution in [3.63, 3.8) is 0 Å². The molecule has 0 spiro atoms.